The number of rotatable bonds is 3. The Balaban J connectivity index is 2.34. The smallest absolute Gasteiger partial charge is 0.155 e. The van der Waals surface area contributed by atoms with Crippen molar-refractivity contribution in [3.8, 4) is 23.3 Å². The summed E-state index contributed by atoms with van der Waals surface area (Å²) in [6.07, 6.45) is 0.767. The molecule has 3 nitrogen and oxygen atoms in total. The second-order valence-corrected chi connectivity index (χ2v) is 5.13. The Morgan fingerprint density at radius 2 is 1.38 bits per heavy atom. The minimum Gasteiger partial charge on any atom is -0.495 e. The molecule has 0 N–H and O–H groups in total. The molecule has 0 spiro atoms. The number of hydrogen-bond acceptors (Lipinski definition) is 3. The van der Waals surface area contributed by atoms with Crippen molar-refractivity contribution in [3.63, 3.8) is 0 Å². The first-order valence-electron chi connectivity index (χ1n) is 7.49. The third kappa shape index (κ3) is 2.70. The molecule has 0 bridgehead atoms. The monoisotopic (exact) mass is 316 g/mol. The maximum absolute atomic E-state index is 11.7. The SMILES string of the molecule is COc1c(C#Cc2ccccc2)c(C=O)c(OC)c2ccccc12. The molecule has 3 aromatic rings. The zero-order valence-corrected chi connectivity index (χ0v) is 13.5. The first-order chi connectivity index (χ1) is 11.8. The van der Waals surface area contributed by atoms with Crippen molar-refractivity contribution in [1.82, 2.24) is 0 Å². The largest absolute Gasteiger partial charge is 0.495 e. The second kappa shape index (κ2) is 6.89. The van der Waals surface area contributed by atoms with Crippen molar-refractivity contribution < 1.29 is 14.3 Å². The lowest BCUT2D eigenvalue weighted by Gasteiger charge is -2.15. The van der Waals surface area contributed by atoms with Crippen LogP contribution in [0.3, 0.4) is 0 Å². The molecule has 0 aliphatic heterocycles. The summed E-state index contributed by atoms with van der Waals surface area (Å²) in [7, 11) is 3.13. The van der Waals surface area contributed by atoms with Gasteiger partial charge in [0.15, 0.2) is 6.29 Å². The molecule has 0 aliphatic carbocycles. The third-order valence-electron chi connectivity index (χ3n) is 3.79. The van der Waals surface area contributed by atoms with Crippen molar-refractivity contribution >= 4 is 17.1 Å². The molecule has 0 amide bonds. The molecule has 3 aromatic carbocycles. The number of benzene rings is 3. The highest BCUT2D eigenvalue weighted by molar-refractivity contribution is 6.03. The maximum atomic E-state index is 11.7. The fraction of sp³-hybridized carbons (Fsp3) is 0.0952. The lowest BCUT2D eigenvalue weighted by Crippen LogP contribution is -2.00. The molecular formula is C21H16O3. The van der Waals surface area contributed by atoms with Crippen LogP contribution in [0.1, 0.15) is 21.5 Å². The summed E-state index contributed by atoms with van der Waals surface area (Å²) in [6, 6.07) is 17.2. The summed E-state index contributed by atoms with van der Waals surface area (Å²) in [4.78, 5) is 11.7. The fourth-order valence-corrected chi connectivity index (χ4v) is 2.72. The lowest BCUT2D eigenvalue weighted by molar-refractivity contribution is 0.112. The van der Waals surface area contributed by atoms with Gasteiger partial charge in [0, 0.05) is 16.3 Å². The van der Waals surface area contributed by atoms with E-state index in [1.807, 2.05) is 54.6 Å². The van der Waals surface area contributed by atoms with Gasteiger partial charge in [-0.05, 0) is 12.1 Å². The van der Waals surface area contributed by atoms with Crippen LogP contribution in [0.4, 0.5) is 0 Å². The van der Waals surface area contributed by atoms with Crippen LogP contribution in [0.15, 0.2) is 54.6 Å². The number of fused-ring (bicyclic) bond motifs is 1. The topological polar surface area (TPSA) is 35.5 Å². The highest BCUT2D eigenvalue weighted by Crippen LogP contribution is 2.39. The molecule has 0 aromatic heterocycles. The van der Waals surface area contributed by atoms with Crippen LogP contribution in [-0.2, 0) is 0 Å². The predicted molar refractivity (Wildman–Crippen MR) is 94.9 cm³/mol. The third-order valence-corrected chi connectivity index (χ3v) is 3.79. The van der Waals surface area contributed by atoms with Crippen molar-refractivity contribution in [3.05, 3.63) is 71.3 Å². The maximum Gasteiger partial charge on any atom is 0.155 e. The van der Waals surface area contributed by atoms with E-state index in [0.717, 1.165) is 22.6 Å². The Morgan fingerprint density at radius 3 is 1.96 bits per heavy atom. The average Bonchev–Trinajstić information content (AvgIpc) is 2.65. The van der Waals surface area contributed by atoms with Crippen LogP contribution in [0, 0.1) is 11.8 Å². The number of methoxy groups -OCH3 is 2. The van der Waals surface area contributed by atoms with Gasteiger partial charge in [-0.15, -0.1) is 0 Å². The second-order valence-electron chi connectivity index (χ2n) is 5.13. The Bertz CT molecular complexity index is 947. The summed E-state index contributed by atoms with van der Waals surface area (Å²) >= 11 is 0. The van der Waals surface area contributed by atoms with Gasteiger partial charge in [-0.25, -0.2) is 0 Å². The van der Waals surface area contributed by atoms with E-state index in [9.17, 15) is 4.79 Å². The van der Waals surface area contributed by atoms with Crippen molar-refractivity contribution in [1.29, 1.82) is 0 Å². The van der Waals surface area contributed by atoms with Gasteiger partial charge in [-0.3, -0.25) is 4.79 Å². The molecule has 0 aliphatic rings. The average molecular weight is 316 g/mol. The van der Waals surface area contributed by atoms with E-state index in [0.29, 0.717) is 22.6 Å². The minimum absolute atomic E-state index is 0.400. The van der Waals surface area contributed by atoms with Crippen molar-refractivity contribution in [2.75, 3.05) is 14.2 Å². The molecule has 0 heterocycles. The van der Waals surface area contributed by atoms with Gasteiger partial charge in [0.2, 0.25) is 0 Å². The van der Waals surface area contributed by atoms with E-state index in [4.69, 9.17) is 9.47 Å². The van der Waals surface area contributed by atoms with Crippen LogP contribution >= 0.6 is 0 Å². The highest BCUT2D eigenvalue weighted by atomic mass is 16.5. The van der Waals surface area contributed by atoms with E-state index in [2.05, 4.69) is 11.8 Å². The van der Waals surface area contributed by atoms with E-state index in [1.54, 1.807) is 14.2 Å². The number of hydrogen-bond donors (Lipinski definition) is 0. The Labute approximate surface area is 140 Å². The zero-order valence-electron chi connectivity index (χ0n) is 13.5. The number of aldehydes is 1. The van der Waals surface area contributed by atoms with Crippen LogP contribution in [0.5, 0.6) is 11.5 Å². The Morgan fingerprint density at radius 1 is 0.792 bits per heavy atom. The minimum atomic E-state index is 0.400. The van der Waals surface area contributed by atoms with Crippen molar-refractivity contribution in [2.24, 2.45) is 0 Å². The number of carbonyl (C=O) groups excluding carboxylic acids is 1. The van der Waals surface area contributed by atoms with Gasteiger partial charge < -0.3 is 9.47 Å². The van der Waals surface area contributed by atoms with E-state index >= 15 is 0 Å². The molecule has 0 radical (unpaired) electrons. The molecule has 24 heavy (non-hydrogen) atoms. The van der Waals surface area contributed by atoms with Gasteiger partial charge in [-0.1, -0.05) is 54.3 Å². The van der Waals surface area contributed by atoms with Gasteiger partial charge in [0.25, 0.3) is 0 Å². The molecule has 0 atom stereocenters. The summed E-state index contributed by atoms with van der Waals surface area (Å²) < 4.78 is 11.1. The lowest BCUT2D eigenvalue weighted by atomic mass is 9.98. The molecule has 0 saturated heterocycles. The molecule has 0 saturated carbocycles. The quantitative estimate of drug-likeness (QED) is 0.540. The normalized spacial score (nSPS) is 9.92. The standard InChI is InChI=1S/C21H16O3/c1-23-20-16-10-6-7-11-17(16)21(24-2)19(14-22)18(20)13-12-15-8-4-3-5-9-15/h3-11,14H,1-2H3. The summed E-state index contributed by atoms with van der Waals surface area (Å²) in [6.45, 7) is 0. The van der Waals surface area contributed by atoms with E-state index < -0.39 is 0 Å². The van der Waals surface area contributed by atoms with Gasteiger partial charge in [-0.2, -0.15) is 0 Å². The van der Waals surface area contributed by atoms with Gasteiger partial charge >= 0.3 is 0 Å². The first kappa shape index (κ1) is 15.6. The summed E-state index contributed by atoms with van der Waals surface area (Å²) in [5, 5.41) is 1.68. The van der Waals surface area contributed by atoms with Crippen LogP contribution in [0.25, 0.3) is 10.8 Å². The molecule has 0 fully saturated rings. The molecule has 3 heteroatoms. The fourth-order valence-electron chi connectivity index (χ4n) is 2.72. The Kier molecular flexibility index (Phi) is 4.49. The van der Waals surface area contributed by atoms with Gasteiger partial charge in [0.05, 0.1) is 25.3 Å². The van der Waals surface area contributed by atoms with E-state index in [-0.39, 0.29) is 0 Å². The Hall–Kier alpha value is -3.25. The van der Waals surface area contributed by atoms with Crippen LogP contribution in [-0.4, -0.2) is 20.5 Å². The van der Waals surface area contributed by atoms with Crippen molar-refractivity contribution in [2.45, 2.75) is 0 Å². The first-order valence-corrected chi connectivity index (χ1v) is 7.49. The number of carbonyl (C=O) groups is 1. The molecular weight excluding hydrogens is 300 g/mol. The van der Waals surface area contributed by atoms with Crippen LogP contribution < -0.4 is 9.47 Å². The molecule has 0 unspecified atom stereocenters. The highest BCUT2D eigenvalue weighted by Gasteiger charge is 2.19. The summed E-state index contributed by atoms with van der Waals surface area (Å²) in [5.41, 5.74) is 1.80. The van der Waals surface area contributed by atoms with Gasteiger partial charge in [0.1, 0.15) is 11.5 Å². The molecule has 118 valence electrons. The zero-order chi connectivity index (χ0) is 16.9. The predicted octanol–water partition coefficient (Wildman–Crippen LogP) is 4.07. The number of ether oxygens (including phenoxy) is 2. The summed E-state index contributed by atoms with van der Waals surface area (Å²) in [5.74, 6) is 7.26. The van der Waals surface area contributed by atoms with Crippen LogP contribution in [0.2, 0.25) is 0 Å². The van der Waals surface area contributed by atoms with E-state index in [1.165, 1.54) is 0 Å². The molecule has 3 rings (SSSR count).